The van der Waals surface area contributed by atoms with Gasteiger partial charge in [0.2, 0.25) is 0 Å². The number of benzene rings is 2. The molecule has 0 saturated carbocycles. The number of rotatable bonds is 3. The smallest absolute Gasteiger partial charge is 0.260 e. The molecule has 5 heteroatoms. The highest BCUT2D eigenvalue weighted by Crippen LogP contribution is 2.39. The number of nitrogens with zero attached hydrogens (tertiary/aromatic N) is 1. The van der Waals surface area contributed by atoms with Gasteiger partial charge in [-0.25, -0.2) is 0 Å². The minimum atomic E-state index is -1.04. The zero-order valence-electron chi connectivity index (χ0n) is 11.7. The SMILES string of the molecule is COc1ccc(Sc2ccc3c(c2)N(C)C(=O)C3O)cc1. The summed E-state index contributed by atoms with van der Waals surface area (Å²) in [5.41, 5.74) is 1.44. The van der Waals surface area contributed by atoms with E-state index in [0.717, 1.165) is 21.2 Å². The molecule has 1 heterocycles. The fourth-order valence-electron chi connectivity index (χ4n) is 2.32. The Morgan fingerprint density at radius 1 is 1.14 bits per heavy atom. The maximum absolute atomic E-state index is 11.8. The molecular formula is C16H15NO3S. The third kappa shape index (κ3) is 2.50. The van der Waals surface area contributed by atoms with Crippen molar-refractivity contribution >= 4 is 23.4 Å². The monoisotopic (exact) mass is 301 g/mol. The van der Waals surface area contributed by atoms with E-state index in [1.165, 1.54) is 4.90 Å². The number of fused-ring (bicyclic) bond motifs is 1. The van der Waals surface area contributed by atoms with Crippen LogP contribution in [0.3, 0.4) is 0 Å². The summed E-state index contributed by atoms with van der Waals surface area (Å²) in [4.78, 5) is 15.4. The number of amides is 1. The molecule has 1 amide bonds. The van der Waals surface area contributed by atoms with Gasteiger partial charge >= 0.3 is 0 Å². The summed E-state index contributed by atoms with van der Waals surface area (Å²) in [5, 5.41) is 9.85. The van der Waals surface area contributed by atoms with Crippen LogP contribution in [0.1, 0.15) is 11.7 Å². The molecule has 21 heavy (non-hydrogen) atoms. The lowest BCUT2D eigenvalue weighted by molar-refractivity contribution is -0.125. The molecule has 0 aliphatic carbocycles. The van der Waals surface area contributed by atoms with Crippen molar-refractivity contribution in [2.45, 2.75) is 15.9 Å². The lowest BCUT2D eigenvalue weighted by atomic mass is 10.1. The highest BCUT2D eigenvalue weighted by atomic mass is 32.2. The molecule has 1 aliphatic rings. The van der Waals surface area contributed by atoms with E-state index in [2.05, 4.69) is 0 Å². The lowest BCUT2D eigenvalue weighted by Gasteiger charge is -2.11. The summed E-state index contributed by atoms with van der Waals surface area (Å²) in [6.07, 6.45) is -1.04. The predicted molar refractivity (Wildman–Crippen MR) is 81.9 cm³/mol. The minimum absolute atomic E-state index is 0.281. The van der Waals surface area contributed by atoms with Gasteiger partial charge in [-0.3, -0.25) is 4.79 Å². The molecule has 1 N–H and O–H groups in total. The second-order valence-corrected chi connectivity index (χ2v) is 5.94. The summed E-state index contributed by atoms with van der Waals surface area (Å²) < 4.78 is 5.14. The van der Waals surface area contributed by atoms with E-state index in [4.69, 9.17) is 4.74 Å². The van der Waals surface area contributed by atoms with Crippen molar-refractivity contribution in [3.63, 3.8) is 0 Å². The first kappa shape index (κ1) is 14.0. The zero-order chi connectivity index (χ0) is 15.0. The quantitative estimate of drug-likeness (QED) is 0.947. The summed E-state index contributed by atoms with van der Waals surface area (Å²) in [5.74, 6) is 0.540. The lowest BCUT2D eigenvalue weighted by Crippen LogP contribution is -2.23. The molecule has 0 aromatic heterocycles. The van der Waals surface area contributed by atoms with Crippen LogP contribution < -0.4 is 9.64 Å². The first-order valence-corrected chi connectivity index (χ1v) is 7.33. The second kappa shape index (κ2) is 5.42. The molecule has 0 bridgehead atoms. The first-order valence-electron chi connectivity index (χ1n) is 6.51. The Morgan fingerprint density at radius 2 is 1.81 bits per heavy atom. The normalized spacial score (nSPS) is 17.0. The number of anilines is 1. The fourth-order valence-corrected chi connectivity index (χ4v) is 3.17. The molecule has 0 saturated heterocycles. The van der Waals surface area contributed by atoms with E-state index >= 15 is 0 Å². The van der Waals surface area contributed by atoms with Crippen LogP contribution in [0.5, 0.6) is 5.75 Å². The van der Waals surface area contributed by atoms with Crippen molar-refractivity contribution in [1.82, 2.24) is 0 Å². The molecule has 2 aromatic carbocycles. The van der Waals surface area contributed by atoms with Crippen molar-refractivity contribution in [2.24, 2.45) is 0 Å². The van der Waals surface area contributed by atoms with Gasteiger partial charge in [0.15, 0.2) is 6.10 Å². The first-order chi connectivity index (χ1) is 10.1. The van der Waals surface area contributed by atoms with Gasteiger partial charge in [0.05, 0.1) is 12.8 Å². The van der Waals surface area contributed by atoms with Crippen LogP contribution in [-0.2, 0) is 4.79 Å². The number of hydrogen-bond acceptors (Lipinski definition) is 4. The topological polar surface area (TPSA) is 49.8 Å². The van der Waals surface area contributed by atoms with Crippen LogP contribution in [0.4, 0.5) is 5.69 Å². The summed E-state index contributed by atoms with van der Waals surface area (Å²) >= 11 is 1.60. The zero-order valence-corrected chi connectivity index (χ0v) is 12.6. The molecular weight excluding hydrogens is 286 g/mol. The molecule has 0 radical (unpaired) electrons. The summed E-state index contributed by atoms with van der Waals surface area (Å²) in [6.45, 7) is 0. The predicted octanol–water partition coefficient (Wildman–Crippen LogP) is 2.86. The number of hydrogen-bond donors (Lipinski definition) is 1. The molecule has 4 nitrogen and oxygen atoms in total. The van der Waals surface area contributed by atoms with Crippen LogP contribution in [0.2, 0.25) is 0 Å². The van der Waals surface area contributed by atoms with Gasteiger partial charge in [-0.05, 0) is 36.4 Å². The Balaban J connectivity index is 1.86. The number of aliphatic hydroxyl groups excluding tert-OH is 1. The van der Waals surface area contributed by atoms with Crippen LogP contribution in [0, 0.1) is 0 Å². The average molecular weight is 301 g/mol. The van der Waals surface area contributed by atoms with Gasteiger partial charge < -0.3 is 14.7 Å². The number of aliphatic hydroxyl groups is 1. The van der Waals surface area contributed by atoms with Crippen LogP contribution in [0.25, 0.3) is 0 Å². The van der Waals surface area contributed by atoms with Gasteiger partial charge in [-0.2, -0.15) is 0 Å². The van der Waals surface area contributed by atoms with Crippen LogP contribution in [-0.4, -0.2) is 25.2 Å². The summed E-state index contributed by atoms with van der Waals surface area (Å²) in [7, 11) is 3.32. The molecule has 108 valence electrons. The van der Waals surface area contributed by atoms with E-state index in [1.807, 2.05) is 42.5 Å². The Hall–Kier alpha value is -1.98. The van der Waals surface area contributed by atoms with Crippen molar-refractivity contribution in [2.75, 3.05) is 19.1 Å². The Labute approximate surface area is 127 Å². The highest BCUT2D eigenvalue weighted by molar-refractivity contribution is 7.99. The molecule has 0 spiro atoms. The van der Waals surface area contributed by atoms with Gasteiger partial charge in [0.1, 0.15) is 5.75 Å². The third-order valence-electron chi connectivity index (χ3n) is 3.52. The largest absolute Gasteiger partial charge is 0.497 e. The number of likely N-dealkylation sites (N-methyl/N-ethyl adjacent to an activating group) is 1. The molecule has 1 aliphatic heterocycles. The van der Waals surface area contributed by atoms with Gasteiger partial charge in [0.25, 0.3) is 5.91 Å². The molecule has 3 rings (SSSR count). The van der Waals surface area contributed by atoms with E-state index < -0.39 is 6.10 Å². The van der Waals surface area contributed by atoms with Crippen molar-refractivity contribution in [3.8, 4) is 5.75 Å². The second-order valence-electron chi connectivity index (χ2n) is 4.80. The van der Waals surface area contributed by atoms with Gasteiger partial charge in [0, 0.05) is 22.4 Å². The molecule has 2 aromatic rings. The van der Waals surface area contributed by atoms with E-state index in [0.29, 0.717) is 5.56 Å². The average Bonchev–Trinajstić information content (AvgIpc) is 2.73. The minimum Gasteiger partial charge on any atom is -0.497 e. The summed E-state index contributed by atoms with van der Waals surface area (Å²) in [6, 6.07) is 13.5. The number of ether oxygens (including phenoxy) is 1. The van der Waals surface area contributed by atoms with E-state index in [9.17, 15) is 9.90 Å². The van der Waals surface area contributed by atoms with Crippen molar-refractivity contribution in [3.05, 3.63) is 48.0 Å². The Kier molecular flexibility index (Phi) is 3.61. The third-order valence-corrected chi connectivity index (χ3v) is 4.51. The maximum Gasteiger partial charge on any atom is 0.260 e. The van der Waals surface area contributed by atoms with E-state index in [1.54, 1.807) is 25.9 Å². The Morgan fingerprint density at radius 3 is 2.48 bits per heavy atom. The standard InChI is InChI=1S/C16H15NO3S/c1-17-14-9-12(7-8-13(14)15(18)16(17)19)21-11-5-3-10(20-2)4-6-11/h3-9,15,18H,1-2H3. The number of methoxy groups -OCH3 is 1. The van der Waals surface area contributed by atoms with Crippen LogP contribution in [0.15, 0.2) is 52.3 Å². The number of carbonyl (C=O) groups excluding carboxylic acids is 1. The maximum atomic E-state index is 11.8. The molecule has 0 fully saturated rings. The molecule has 1 unspecified atom stereocenters. The van der Waals surface area contributed by atoms with Crippen molar-refractivity contribution < 1.29 is 14.6 Å². The van der Waals surface area contributed by atoms with Gasteiger partial charge in [-0.1, -0.05) is 17.8 Å². The number of carbonyl (C=O) groups is 1. The van der Waals surface area contributed by atoms with Crippen LogP contribution >= 0.6 is 11.8 Å². The molecule has 1 atom stereocenters. The highest BCUT2D eigenvalue weighted by Gasteiger charge is 2.33. The van der Waals surface area contributed by atoms with Gasteiger partial charge in [-0.15, -0.1) is 0 Å². The Bertz CT molecular complexity index is 684. The van der Waals surface area contributed by atoms with E-state index in [-0.39, 0.29) is 5.91 Å². The van der Waals surface area contributed by atoms with Crippen molar-refractivity contribution in [1.29, 1.82) is 0 Å². The fraction of sp³-hybridized carbons (Fsp3) is 0.188.